The maximum atomic E-state index is 12.8. The van der Waals surface area contributed by atoms with Crippen LogP contribution in [0.15, 0.2) is 42.7 Å². The number of methoxy groups -OCH3 is 1. The number of rotatable bonds is 8. The van der Waals surface area contributed by atoms with Gasteiger partial charge >= 0.3 is 0 Å². The van der Waals surface area contributed by atoms with E-state index < -0.39 is 5.92 Å². The molecule has 1 saturated heterocycles. The summed E-state index contributed by atoms with van der Waals surface area (Å²) in [5, 5.41) is 23.5. The second kappa shape index (κ2) is 9.55. The van der Waals surface area contributed by atoms with Crippen molar-refractivity contribution in [2.45, 2.75) is 18.4 Å². The molecule has 1 aliphatic rings. The summed E-state index contributed by atoms with van der Waals surface area (Å²) < 4.78 is 5.23. The zero-order chi connectivity index (χ0) is 20.8. The lowest BCUT2D eigenvalue weighted by atomic mass is 9.99. The van der Waals surface area contributed by atoms with Crippen molar-refractivity contribution >= 4 is 33.5 Å². The van der Waals surface area contributed by atoms with E-state index in [1.807, 2.05) is 30.3 Å². The number of ether oxygens (including phenoxy) is 1. The van der Waals surface area contributed by atoms with Crippen LogP contribution in [0.3, 0.4) is 0 Å². The number of benzene rings is 1. The van der Waals surface area contributed by atoms with E-state index in [9.17, 15) is 4.79 Å². The Labute approximate surface area is 177 Å². The molecule has 0 spiro atoms. The summed E-state index contributed by atoms with van der Waals surface area (Å²) in [7, 11) is 1.58. The number of anilines is 3. The van der Waals surface area contributed by atoms with Crippen molar-refractivity contribution < 1.29 is 9.53 Å². The minimum Gasteiger partial charge on any atom is -0.384 e. The SMILES string of the molecule is COC[C@@H](C(=O)Nc1nnc(N[C@@H]2CCN(c3nccnn3)C2)s1)c1ccccc1. The van der Waals surface area contributed by atoms with Gasteiger partial charge in [0.25, 0.3) is 0 Å². The largest absolute Gasteiger partial charge is 0.384 e. The molecule has 1 aromatic carbocycles. The van der Waals surface area contributed by atoms with Crippen LogP contribution in [0.4, 0.5) is 16.2 Å². The molecule has 10 nitrogen and oxygen atoms in total. The van der Waals surface area contributed by atoms with Gasteiger partial charge in [-0.25, -0.2) is 4.98 Å². The Bertz CT molecular complexity index is 955. The zero-order valence-corrected chi connectivity index (χ0v) is 17.2. The molecule has 0 unspecified atom stereocenters. The van der Waals surface area contributed by atoms with Crippen molar-refractivity contribution in [2.24, 2.45) is 0 Å². The second-order valence-electron chi connectivity index (χ2n) is 6.84. The third-order valence-electron chi connectivity index (χ3n) is 4.78. The third kappa shape index (κ3) is 4.86. The zero-order valence-electron chi connectivity index (χ0n) is 16.4. The van der Waals surface area contributed by atoms with Crippen LogP contribution in [0, 0.1) is 0 Å². The first-order valence-corrected chi connectivity index (χ1v) is 10.4. The lowest BCUT2D eigenvalue weighted by Gasteiger charge is -2.15. The lowest BCUT2D eigenvalue weighted by Crippen LogP contribution is -2.27. The first-order chi connectivity index (χ1) is 14.7. The predicted molar refractivity (Wildman–Crippen MR) is 114 cm³/mol. The van der Waals surface area contributed by atoms with Crippen LogP contribution in [0.2, 0.25) is 0 Å². The predicted octanol–water partition coefficient (Wildman–Crippen LogP) is 1.78. The van der Waals surface area contributed by atoms with Crippen LogP contribution in [0.5, 0.6) is 0 Å². The summed E-state index contributed by atoms with van der Waals surface area (Å²) in [4.78, 5) is 19.1. The summed E-state index contributed by atoms with van der Waals surface area (Å²) in [6.07, 6.45) is 4.11. The van der Waals surface area contributed by atoms with E-state index in [4.69, 9.17) is 4.74 Å². The molecule has 0 bridgehead atoms. The number of aromatic nitrogens is 5. The van der Waals surface area contributed by atoms with Crippen molar-refractivity contribution in [3.8, 4) is 0 Å². The molecule has 4 rings (SSSR count). The molecule has 156 valence electrons. The number of nitrogens with one attached hydrogen (secondary N) is 2. The molecule has 11 heteroatoms. The summed E-state index contributed by atoms with van der Waals surface area (Å²) in [5.41, 5.74) is 0.892. The maximum Gasteiger partial charge on any atom is 0.245 e. The van der Waals surface area contributed by atoms with Crippen molar-refractivity contribution in [1.29, 1.82) is 0 Å². The molecule has 2 atom stereocenters. The van der Waals surface area contributed by atoms with E-state index in [1.54, 1.807) is 19.5 Å². The Kier molecular flexibility index (Phi) is 6.40. The molecule has 3 aromatic rings. The highest BCUT2D eigenvalue weighted by Crippen LogP contribution is 2.25. The van der Waals surface area contributed by atoms with Gasteiger partial charge in [-0.15, -0.1) is 15.3 Å². The van der Waals surface area contributed by atoms with Gasteiger partial charge in [0.1, 0.15) is 0 Å². The van der Waals surface area contributed by atoms with Crippen LogP contribution in [-0.2, 0) is 9.53 Å². The van der Waals surface area contributed by atoms with E-state index in [0.717, 1.165) is 25.1 Å². The topological polar surface area (TPSA) is 118 Å². The average molecular weight is 427 g/mol. The second-order valence-corrected chi connectivity index (χ2v) is 7.82. The standard InChI is InChI=1S/C19H22N8O2S/c1-29-12-15(13-5-3-2-4-6-13)16(28)23-19-26-25-18(30-19)22-14-7-10-27(11-14)17-20-8-9-21-24-17/h2-6,8-9,14-15H,7,10-12H2,1H3,(H,22,25)(H,23,26,28)/t14-,15-/m1/s1. The maximum absolute atomic E-state index is 12.8. The first kappa shape index (κ1) is 20.1. The fourth-order valence-electron chi connectivity index (χ4n) is 3.32. The molecular weight excluding hydrogens is 404 g/mol. The van der Waals surface area contributed by atoms with Crippen LogP contribution in [0.1, 0.15) is 17.9 Å². The van der Waals surface area contributed by atoms with Gasteiger partial charge in [0, 0.05) is 26.2 Å². The molecule has 1 aliphatic heterocycles. The summed E-state index contributed by atoms with van der Waals surface area (Å²) in [6.45, 7) is 1.87. The van der Waals surface area contributed by atoms with Gasteiger partial charge in [0.05, 0.1) is 24.9 Å². The van der Waals surface area contributed by atoms with Crippen molar-refractivity contribution in [1.82, 2.24) is 25.4 Å². The Morgan fingerprint density at radius 1 is 1.23 bits per heavy atom. The molecule has 1 fully saturated rings. The Balaban J connectivity index is 1.34. The Hall–Kier alpha value is -3.18. The molecule has 0 aliphatic carbocycles. The van der Waals surface area contributed by atoms with E-state index in [1.165, 1.54) is 11.3 Å². The van der Waals surface area contributed by atoms with Gasteiger partial charge in [-0.05, 0) is 12.0 Å². The smallest absolute Gasteiger partial charge is 0.245 e. The van der Waals surface area contributed by atoms with Crippen molar-refractivity contribution in [3.05, 3.63) is 48.3 Å². The normalized spacial score (nSPS) is 17.0. The summed E-state index contributed by atoms with van der Waals surface area (Å²) in [5.74, 6) is 0.0306. The highest BCUT2D eigenvalue weighted by Gasteiger charge is 2.26. The number of hydrogen-bond donors (Lipinski definition) is 2. The molecule has 0 radical (unpaired) electrons. The van der Waals surface area contributed by atoms with Crippen LogP contribution in [-0.4, -0.2) is 64.1 Å². The molecule has 3 heterocycles. The van der Waals surface area contributed by atoms with Crippen LogP contribution in [0.25, 0.3) is 0 Å². The van der Waals surface area contributed by atoms with E-state index >= 15 is 0 Å². The molecule has 0 saturated carbocycles. The van der Waals surface area contributed by atoms with Gasteiger partial charge in [-0.3, -0.25) is 10.1 Å². The summed E-state index contributed by atoms with van der Waals surface area (Å²) >= 11 is 1.31. The van der Waals surface area contributed by atoms with Crippen molar-refractivity contribution in [2.75, 3.05) is 42.3 Å². The van der Waals surface area contributed by atoms with E-state index in [-0.39, 0.29) is 18.6 Å². The van der Waals surface area contributed by atoms with Crippen molar-refractivity contribution in [3.63, 3.8) is 0 Å². The quantitative estimate of drug-likeness (QED) is 0.555. The molecule has 30 heavy (non-hydrogen) atoms. The minimum atomic E-state index is -0.417. The number of carbonyl (C=O) groups is 1. The number of nitrogens with zero attached hydrogens (tertiary/aromatic N) is 6. The number of hydrogen-bond acceptors (Lipinski definition) is 10. The highest BCUT2D eigenvalue weighted by molar-refractivity contribution is 7.19. The lowest BCUT2D eigenvalue weighted by molar-refractivity contribution is -0.118. The van der Waals surface area contributed by atoms with Gasteiger partial charge in [0.15, 0.2) is 0 Å². The molecular formula is C19H22N8O2S. The average Bonchev–Trinajstić information content (AvgIpc) is 3.43. The Morgan fingerprint density at radius 3 is 2.83 bits per heavy atom. The molecule has 2 N–H and O–H groups in total. The molecule has 1 amide bonds. The fourth-order valence-corrected chi connectivity index (χ4v) is 4.04. The summed E-state index contributed by atoms with van der Waals surface area (Å²) in [6, 6.07) is 9.73. The van der Waals surface area contributed by atoms with Crippen LogP contribution < -0.4 is 15.5 Å². The van der Waals surface area contributed by atoms with Gasteiger partial charge in [-0.2, -0.15) is 5.10 Å². The third-order valence-corrected chi connectivity index (χ3v) is 5.55. The Morgan fingerprint density at radius 2 is 2.07 bits per heavy atom. The fraction of sp³-hybridized carbons (Fsp3) is 0.368. The molecule has 2 aromatic heterocycles. The van der Waals surface area contributed by atoms with E-state index in [0.29, 0.717) is 16.2 Å². The monoisotopic (exact) mass is 426 g/mol. The first-order valence-electron chi connectivity index (χ1n) is 9.56. The minimum absolute atomic E-state index is 0.175. The highest BCUT2D eigenvalue weighted by atomic mass is 32.1. The van der Waals surface area contributed by atoms with E-state index in [2.05, 4.69) is 40.9 Å². The number of amides is 1. The van der Waals surface area contributed by atoms with Crippen LogP contribution >= 0.6 is 11.3 Å². The van der Waals surface area contributed by atoms with Gasteiger partial charge in [0.2, 0.25) is 22.1 Å². The van der Waals surface area contributed by atoms with Gasteiger partial charge in [-0.1, -0.05) is 41.7 Å². The number of carbonyl (C=O) groups excluding carboxylic acids is 1. The van der Waals surface area contributed by atoms with Gasteiger partial charge < -0.3 is 15.0 Å².